The first-order chi connectivity index (χ1) is 28.3. The van der Waals surface area contributed by atoms with E-state index in [1.54, 1.807) is 22.3 Å². The van der Waals surface area contributed by atoms with Crippen molar-refractivity contribution in [2.24, 2.45) is 0 Å². The van der Waals surface area contributed by atoms with Gasteiger partial charge < -0.3 is 9.80 Å². The van der Waals surface area contributed by atoms with Crippen LogP contribution in [0.2, 0.25) is 0 Å². The van der Waals surface area contributed by atoms with Gasteiger partial charge in [-0.1, -0.05) is 85.6 Å². The van der Waals surface area contributed by atoms with Crippen LogP contribution in [0.1, 0.15) is 144 Å². The maximum atomic E-state index is 2.73. The predicted octanol–water partition coefficient (Wildman–Crippen LogP) is 13.5. The summed E-state index contributed by atoms with van der Waals surface area (Å²) >= 11 is 2.05. The van der Waals surface area contributed by atoms with E-state index in [-0.39, 0.29) is 23.0 Å². The second-order valence-electron chi connectivity index (χ2n) is 21.3. The highest BCUT2D eigenvalue weighted by atomic mass is 32.1. The first-order valence-electron chi connectivity index (χ1n) is 23.0. The van der Waals surface area contributed by atoms with E-state index in [0.29, 0.717) is 0 Å². The van der Waals surface area contributed by atoms with Crippen molar-refractivity contribution in [2.45, 2.75) is 149 Å². The Labute approximate surface area is 358 Å². The van der Waals surface area contributed by atoms with Crippen molar-refractivity contribution >= 4 is 78.0 Å². The molecule has 5 aliphatic rings. The Hall–Kier alpha value is -4.28. The first kappa shape index (κ1) is 37.7. The quantitative estimate of drug-likeness (QED) is 0.127. The Kier molecular flexibility index (Phi) is 8.54. The van der Waals surface area contributed by atoms with E-state index in [0.717, 1.165) is 0 Å². The number of rotatable bonds is 2. The Balaban J connectivity index is 1.23. The molecule has 3 aliphatic carbocycles. The SMILES string of the molecule is Cc1cc2c3c(c1)N(c1ccc4c(c1)C(C)(C)CCC4(C)C)c1c(sc4ccc(C(C)(C)C)cc14)B3c1cc3c(cc1N2c1ccc2c(c1)CCCCC2)CCCCC3. The molecule has 3 heterocycles. The van der Waals surface area contributed by atoms with Crippen LogP contribution in [-0.4, -0.2) is 6.71 Å². The molecule has 1 aromatic heterocycles. The average molecular weight is 793 g/mol. The summed E-state index contributed by atoms with van der Waals surface area (Å²) in [4.78, 5) is 5.44. The zero-order valence-electron chi connectivity index (χ0n) is 36.9. The standard InChI is InChI=1S/C55H61BN2S/c1-34-27-47-50-48(28-34)58(41-22-23-43-44(33-41)55(7,8)26-25-54(43,5)6)51-42-32-39(53(2,3)4)20-24-49(42)59-52(51)56(50)45-30-37-17-13-10-14-18-38(37)31-46(45)57(47)40-21-19-35-15-11-9-12-16-36(35)29-40/h19-24,27-33H,9-18,25-26H2,1-8H3. The van der Waals surface area contributed by atoms with Gasteiger partial charge in [-0.2, -0.15) is 0 Å². The molecule has 11 rings (SSSR count). The Morgan fingerprint density at radius 3 is 1.90 bits per heavy atom. The van der Waals surface area contributed by atoms with E-state index in [9.17, 15) is 0 Å². The zero-order valence-corrected chi connectivity index (χ0v) is 37.7. The summed E-state index contributed by atoms with van der Waals surface area (Å²) in [6, 6.07) is 32.9. The maximum Gasteiger partial charge on any atom is 0.264 e. The van der Waals surface area contributed by atoms with E-state index in [1.165, 1.54) is 159 Å². The molecular formula is C55H61BN2S. The molecule has 2 aliphatic heterocycles. The largest absolute Gasteiger partial charge is 0.311 e. The van der Waals surface area contributed by atoms with Crippen LogP contribution in [0.4, 0.5) is 34.1 Å². The molecule has 0 fully saturated rings. The Morgan fingerprint density at radius 1 is 0.576 bits per heavy atom. The van der Waals surface area contributed by atoms with Crippen LogP contribution >= 0.6 is 11.3 Å². The number of hydrogen-bond donors (Lipinski definition) is 0. The summed E-state index contributed by atoms with van der Waals surface area (Å²) in [6.45, 7) is 19.5. The molecule has 0 radical (unpaired) electrons. The van der Waals surface area contributed by atoms with Gasteiger partial charge in [0, 0.05) is 43.3 Å². The monoisotopic (exact) mass is 792 g/mol. The third-order valence-corrected chi connectivity index (χ3v) is 16.5. The number of aryl methyl sites for hydroxylation is 5. The van der Waals surface area contributed by atoms with Crippen molar-refractivity contribution in [3.05, 3.63) is 123 Å². The zero-order chi connectivity index (χ0) is 40.6. The minimum absolute atomic E-state index is 0.0506. The first-order valence-corrected chi connectivity index (χ1v) is 23.8. The summed E-state index contributed by atoms with van der Waals surface area (Å²) in [5.41, 5.74) is 23.5. The molecule has 4 heteroatoms. The maximum absolute atomic E-state index is 2.73. The summed E-state index contributed by atoms with van der Waals surface area (Å²) in [5, 5.41) is 1.40. The van der Waals surface area contributed by atoms with Gasteiger partial charge >= 0.3 is 0 Å². The lowest BCUT2D eigenvalue weighted by Gasteiger charge is -2.45. The lowest BCUT2D eigenvalue weighted by Crippen LogP contribution is -2.60. The van der Waals surface area contributed by atoms with Crippen LogP contribution in [0.3, 0.4) is 0 Å². The highest BCUT2D eigenvalue weighted by molar-refractivity contribution is 7.33. The summed E-state index contributed by atoms with van der Waals surface area (Å²) < 4.78 is 2.89. The fourth-order valence-corrected chi connectivity index (χ4v) is 13.1. The molecule has 59 heavy (non-hydrogen) atoms. The van der Waals surface area contributed by atoms with Gasteiger partial charge in [-0.3, -0.25) is 0 Å². The van der Waals surface area contributed by atoms with Crippen molar-refractivity contribution in [3.63, 3.8) is 0 Å². The molecule has 0 unspecified atom stereocenters. The van der Waals surface area contributed by atoms with Crippen LogP contribution in [0, 0.1) is 6.92 Å². The molecule has 6 aromatic rings. The molecule has 0 amide bonds. The minimum atomic E-state index is 0.0506. The second kappa shape index (κ2) is 13.4. The predicted molar refractivity (Wildman–Crippen MR) is 257 cm³/mol. The lowest BCUT2D eigenvalue weighted by molar-refractivity contribution is 0.332. The van der Waals surface area contributed by atoms with E-state index in [4.69, 9.17) is 0 Å². The summed E-state index contributed by atoms with van der Waals surface area (Å²) in [7, 11) is 0. The molecule has 5 aromatic carbocycles. The summed E-state index contributed by atoms with van der Waals surface area (Å²) in [5.74, 6) is 0. The number of thiophene rings is 1. The fraction of sp³-hybridized carbons (Fsp3) is 0.418. The summed E-state index contributed by atoms with van der Waals surface area (Å²) in [6.07, 6.45) is 15.0. The molecule has 0 atom stereocenters. The van der Waals surface area contributed by atoms with Gasteiger partial charge in [-0.15, -0.1) is 11.3 Å². The fourth-order valence-electron chi connectivity index (χ4n) is 11.8. The van der Waals surface area contributed by atoms with Crippen molar-refractivity contribution in [2.75, 3.05) is 9.80 Å². The lowest BCUT2D eigenvalue weighted by atomic mass is 9.36. The number of fused-ring (bicyclic) bond motifs is 9. The van der Waals surface area contributed by atoms with Crippen molar-refractivity contribution in [1.82, 2.24) is 0 Å². The molecule has 0 spiro atoms. The van der Waals surface area contributed by atoms with Crippen LogP contribution in [0.25, 0.3) is 10.1 Å². The van der Waals surface area contributed by atoms with E-state index >= 15 is 0 Å². The van der Waals surface area contributed by atoms with Gasteiger partial charge in [0.05, 0.1) is 5.69 Å². The van der Waals surface area contributed by atoms with Gasteiger partial charge in [-0.05, 0) is 197 Å². The van der Waals surface area contributed by atoms with Crippen LogP contribution in [0.5, 0.6) is 0 Å². The van der Waals surface area contributed by atoms with Crippen molar-refractivity contribution in [1.29, 1.82) is 0 Å². The van der Waals surface area contributed by atoms with E-state index in [2.05, 4.69) is 155 Å². The van der Waals surface area contributed by atoms with Crippen molar-refractivity contribution in [3.8, 4) is 0 Å². The highest BCUT2D eigenvalue weighted by Crippen LogP contribution is 2.52. The third-order valence-electron chi connectivity index (χ3n) is 15.3. The molecule has 0 saturated heterocycles. The minimum Gasteiger partial charge on any atom is -0.311 e. The van der Waals surface area contributed by atoms with Crippen LogP contribution < -0.4 is 25.5 Å². The van der Waals surface area contributed by atoms with Gasteiger partial charge in [0.15, 0.2) is 0 Å². The Morgan fingerprint density at radius 2 is 1.19 bits per heavy atom. The smallest absolute Gasteiger partial charge is 0.264 e. The molecule has 300 valence electrons. The van der Waals surface area contributed by atoms with E-state index < -0.39 is 0 Å². The van der Waals surface area contributed by atoms with Crippen molar-refractivity contribution < 1.29 is 0 Å². The molecular weight excluding hydrogens is 731 g/mol. The number of benzene rings is 5. The molecule has 0 N–H and O–H groups in total. The van der Waals surface area contributed by atoms with Gasteiger partial charge in [-0.25, -0.2) is 0 Å². The topological polar surface area (TPSA) is 6.48 Å². The number of hydrogen-bond acceptors (Lipinski definition) is 3. The molecule has 0 bridgehead atoms. The third kappa shape index (κ3) is 5.93. The van der Waals surface area contributed by atoms with Gasteiger partial charge in [0.1, 0.15) is 0 Å². The number of nitrogens with zero attached hydrogens (tertiary/aromatic N) is 2. The second-order valence-corrected chi connectivity index (χ2v) is 22.4. The molecule has 0 saturated carbocycles. The average Bonchev–Trinajstić information content (AvgIpc) is 3.32. The molecule has 2 nitrogen and oxygen atoms in total. The normalized spacial score (nSPS) is 18.9. The Bertz CT molecular complexity index is 2700. The van der Waals surface area contributed by atoms with Gasteiger partial charge in [0.25, 0.3) is 6.71 Å². The number of anilines is 6. The highest BCUT2D eigenvalue weighted by Gasteiger charge is 2.46. The van der Waals surface area contributed by atoms with E-state index in [1.807, 2.05) is 0 Å². The van der Waals surface area contributed by atoms with Gasteiger partial charge in [0.2, 0.25) is 0 Å². The van der Waals surface area contributed by atoms with Crippen LogP contribution in [-0.2, 0) is 41.9 Å². The van der Waals surface area contributed by atoms with Crippen LogP contribution in [0.15, 0.2) is 78.9 Å².